The van der Waals surface area contributed by atoms with Crippen LogP contribution in [0, 0.1) is 13.8 Å². The number of benzene rings is 3. The number of unbranched alkanes of at least 4 members (excludes halogenated alkanes) is 1. The molecule has 0 radical (unpaired) electrons. The lowest BCUT2D eigenvalue weighted by Gasteiger charge is -2.14. The fourth-order valence-electron chi connectivity index (χ4n) is 3.65. The van der Waals surface area contributed by atoms with Gasteiger partial charge in [-0.1, -0.05) is 31.5 Å². The lowest BCUT2D eigenvalue weighted by atomic mass is 10.1. The second-order valence-corrected chi connectivity index (χ2v) is 8.12. The molecular weight excluding hydrogens is 398 g/mol. The van der Waals surface area contributed by atoms with Gasteiger partial charge in [0.05, 0.1) is 6.61 Å². The lowest BCUT2D eigenvalue weighted by molar-refractivity contribution is 0.102. The molecule has 1 N–H and O–H groups in total. The van der Waals surface area contributed by atoms with Gasteiger partial charge in [0, 0.05) is 16.8 Å². The second-order valence-electron chi connectivity index (χ2n) is 8.12. The molecule has 0 heterocycles. The quantitative estimate of drug-likeness (QED) is 0.381. The van der Waals surface area contributed by atoms with E-state index in [0.717, 1.165) is 40.3 Å². The zero-order valence-electron chi connectivity index (χ0n) is 19.5. The summed E-state index contributed by atoms with van der Waals surface area (Å²) in [6.07, 6.45) is 3.41. The molecule has 0 aliphatic heterocycles. The molecule has 168 valence electrons. The maximum atomic E-state index is 12.9. The van der Waals surface area contributed by atoms with E-state index in [1.807, 2.05) is 57.2 Å². The number of nitrogens with one attached hydrogen (secondary N) is 1. The minimum absolute atomic E-state index is 0.151. The highest BCUT2D eigenvalue weighted by Gasteiger charge is 2.12. The number of amides is 1. The molecule has 0 bridgehead atoms. The topological polar surface area (TPSA) is 47.6 Å². The third kappa shape index (κ3) is 6.61. The van der Waals surface area contributed by atoms with E-state index < -0.39 is 0 Å². The van der Waals surface area contributed by atoms with Gasteiger partial charge >= 0.3 is 0 Å². The van der Waals surface area contributed by atoms with E-state index in [4.69, 9.17) is 9.47 Å². The highest BCUT2D eigenvalue weighted by molar-refractivity contribution is 6.04. The smallest absolute Gasteiger partial charge is 0.255 e. The number of rotatable bonds is 10. The molecule has 1 amide bonds. The average Bonchev–Trinajstić information content (AvgIpc) is 2.77. The Labute approximate surface area is 191 Å². The van der Waals surface area contributed by atoms with Crippen LogP contribution in [0.5, 0.6) is 11.5 Å². The van der Waals surface area contributed by atoms with Crippen molar-refractivity contribution < 1.29 is 14.3 Å². The van der Waals surface area contributed by atoms with Gasteiger partial charge in [-0.3, -0.25) is 4.79 Å². The van der Waals surface area contributed by atoms with Crippen molar-refractivity contribution in [3.05, 3.63) is 88.5 Å². The Balaban J connectivity index is 1.72. The number of hydrogen-bond donors (Lipinski definition) is 1. The number of carbonyl (C=O) groups excluding carboxylic acids is 1. The zero-order valence-corrected chi connectivity index (χ0v) is 19.5. The molecule has 0 unspecified atom stereocenters. The van der Waals surface area contributed by atoms with Gasteiger partial charge < -0.3 is 14.8 Å². The van der Waals surface area contributed by atoms with Crippen LogP contribution >= 0.6 is 0 Å². The first-order valence-electron chi connectivity index (χ1n) is 11.4. The van der Waals surface area contributed by atoms with Crippen LogP contribution in [0.15, 0.2) is 60.7 Å². The van der Waals surface area contributed by atoms with Crippen LogP contribution in [-0.4, -0.2) is 12.5 Å². The molecule has 0 saturated carbocycles. The molecule has 0 aliphatic rings. The second kappa shape index (κ2) is 11.4. The summed E-state index contributed by atoms with van der Waals surface area (Å²) in [7, 11) is 0. The molecule has 3 rings (SSSR count). The van der Waals surface area contributed by atoms with Crippen LogP contribution in [0.3, 0.4) is 0 Å². The van der Waals surface area contributed by atoms with Gasteiger partial charge in [-0.25, -0.2) is 0 Å². The van der Waals surface area contributed by atoms with Crippen LogP contribution in [0.4, 0.5) is 5.69 Å². The molecule has 3 aromatic carbocycles. The van der Waals surface area contributed by atoms with Crippen molar-refractivity contribution in [3.63, 3.8) is 0 Å². The van der Waals surface area contributed by atoms with Crippen molar-refractivity contribution in [2.24, 2.45) is 0 Å². The Kier molecular flexibility index (Phi) is 8.32. The molecule has 0 saturated heterocycles. The van der Waals surface area contributed by atoms with Gasteiger partial charge in [0.15, 0.2) is 0 Å². The van der Waals surface area contributed by atoms with Crippen molar-refractivity contribution in [3.8, 4) is 11.5 Å². The van der Waals surface area contributed by atoms with Gasteiger partial charge in [-0.15, -0.1) is 0 Å². The summed E-state index contributed by atoms with van der Waals surface area (Å²) >= 11 is 0. The van der Waals surface area contributed by atoms with Crippen LogP contribution in [0.25, 0.3) is 0 Å². The van der Waals surface area contributed by atoms with Crippen molar-refractivity contribution in [1.29, 1.82) is 0 Å². The molecule has 0 atom stereocenters. The maximum absolute atomic E-state index is 12.9. The normalized spacial score (nSPS) is 10.6. The fourth-order valence-corrected chi connectivity index (χ4v) is 3.65. The van der Waals surface area contributed by atoms with Gasteiger partial charge in [0.1, 0.15) is 18.1 Å². The van der Waals surface area contributed by atoms with E-state index in [9.17, 15) is 4.79 Å². The fraction of sp³-hybridized carbons (Fsp3) is 0.321. The molecule has 0 aliphatic carbocycles. The van der Waals surface area contributed by atoms with Crippen molar-refractivity contribution in [2.75, 3.05) is 11.9 Å². The van der Waals surface area contributed by atoms with Gasteiger partial charge in [-0.2, -0.15) is 0 Å². The summed E-state index contributed by atoms with van der Waals surface area (Å²) in [6, 6.07) is 19.7. The standard InChI is InChI=1S/C28H33NO3/c1-5-7-8-22-9-12-25(13-10-22)29-28(30)23-11-14-27(31-6-2)24(18-23)19-32-26-16-20(3)15-21(4)17-26/h9-18H,5-8,19H2,1-4H3,(H,29,30). The number of hydrogen-bond acceptors (Lipinski definition) is 3. The summed E-state index contributed by atoms with van der Waals surface area (Å²) in [5.74, 6) is 1.39. The number of anilines is 1. The molecular formula is C28H33NO3. The summed E-state index contributed by atoms with van der Waals surface area (Å²) in [5, 5.41) is 2.99. The summed E-state index contributed by atoms with van der Waals surface area (Å²) < 4.78 is 11.8. The van der Waals surface area contributed by atoms with Crippen LogP contribution in [0.1, 0.15) is 59.3 Å². The molecule has 3 aromatic rings. The minimum Gasteiger partial charge on any atom is -0.493 e. The largest absolute Gasteiger partial charge is 0.493 e. The zero-order chi connectivity index (χ0) is 22.9. The first kappa shape index (κ1) is 23.4. The Morgan fingerprint density at radius 3 is 2.25 bits per heavy atom. The van der Waals surface area contributed by atoms with Crippen LogP contribution in [-0.2, 0) is 13.0 Å². The van der Waals surface area contributed by atoms with Gasteiger partial charge in [0.25, 0.3) is 5.91 Å². The molecule has 0 aromatic heterocycles. The van der Waals surface area contributed by atoms with Crippen LogP contribution in [0.2, 0.25) is 0 Å². The number of carbonyl (C=O) groups is 1. The highest BCUT2D eigenvalue weighted by Crippen LogP contribution is 2.24. The molecule has 0 spiro atoms. The summed E-state index contributed by atoms with van der Waals surface area (Å²) in [4.78, 5) is 12.9. The van der Waals surface area contributed by atoms with E-state index >= 15 is 0 Å². The van der Waals surface area contributed by atoms with E-state index in [1.54, 1.807) is 6.07 Å². The van der Waals surface area contributed by atoms with Crippen molar-refractivity contribution in [2.45, 2.75) is 53.6 Å². The molecule has 4 heteroatoms. The molecule has 32 heavy (non-hydrogen) atoms. The number of aryl methyl sites for hydroxylation is 3. The van der Waals surface area contributed by atoms with Gasteiger partial charge in [0.2, 0.25) is 0 Å². The summed E-state index contributed by atoms with van der Waals surface area (Å²) in [5.41, 5.74) is 5.79. The monoisotopic (exact) mass is 431 g/mol. The first-order chi connectivity index (χ1) is 15.5. The number of ether oxygens (including phenoxy) is 2. The average molecular weight is 432 g/mol. The van der Waals surface area contributed by atoms with E-state index in [1.165, 1.54) is 18.4 Å². The predicted octanol–water partition coefficient (Wildman–Crippen LogP) is 6.88. The highest BCUT2D eigenvalue weighted by atomic mass is 16.5. The Morgan fingerprint density at radius 1 is 0.875 bits per heavy atom. The van der Waals surface area contributed by atoms with E-state index in [-0.39, 0.29) is 5.91 Å². The van der Waals surface area contributed by atoms with Crippen molar-refractivity contribution >= 4 is 11.6 Å². The van der Waals surface area contributed by atoms with E-state index in [2.05, 4.69) is 30.4 Å². The Bertz CT molecular complexity index is 1020. The molecule has 0 fully saturated rings. The van der Waals surface area contributed by atoms with E-state index in [0.29, 0.717) is 18.8 Å². The van der Waals surface area contributed by atoms with Crippen LogP contribution < -0.4 is 14.8 Å². The third-order valence-corrected chi connectivity index (χ3v) is 5.24. The van der Waals surface area contributed by atoms with Crippen molar-refractivity contribution in [1.82, 2.24) is 0 Å². The SMILES string of the molecule is CCCCc1ccc(NC(=O)c2ccc(OCC)c(COc3cc(C)cc(C)c3)c2)cc1. The van der Waals surface area contributed by atoms with Gasteiger partial charge in [-0.05, 0) is 92.8 Å². The molecule has 4 nitrogen and oxygen atoms in total. The lowest BCUT2D eigenvalue weighted by Crippen LogP contribution is -2.13. The summed E-state index contributed by atoms with van der Waals surface area (Å²) in [6.45, 7) is 9.10. The Morgan fingerprint density at radius 2 is 1.59 bits per heavy atom. The predicted molar refractivity (Wildman–Crippen MR) is 131 cm³/mol. The maximum Gasteiger partial charge on any atom is 0.255 e. The minimum atomic E-state index is -0.151. The Hall–Kier alpha value is -3.27. The third-order valence-electron chi connectivity index (χ3n) is 5.24. The first-order valence-corrected chi connectivity index (χ1v) is 11.4.